The number of amides is 1. The molecule has 1 fully saturated rings. The van der Waals surface area contributed by atoms with Gasteiger partial charge in [-0.25, -0.2) is 9.67 Å². The first kappa shape index (κ1) is 21.3. The van der Waals surface area contributed by atoms with Crippen molar-refractivity contribution in [3.05, 3.63) is 66.0 Å². The number of alkyl halides is 2. The predicted molar refractivity (Wildman–Crippen MR) is 114 cm³/mol. The molecule has 0 N–H and O–H groups in total. The Morgan fingerprint density at radius 3 is 2.55 bits per heavy atom. The number of carbonyl (C=O) groups is 1. The van der Waals surface area contributed by atoms with Gasteiger partial charge in [-0.15, -0.1) is 5.10 Å². The maximum atomic E-state index is 12.6. The fraction of sp³-hybridized carbons (Fsp3) is 0.318. The van der Waals surface area contributed by atoms with Crippen molar-refractivity contribution in [3.63, 3.8) is 0 Å². The molecule has 1 heterocycles. The predicted octanol–water partition coefficient (Wildman–Crippen LogP) is 4.50. The number of thioether (sulfide) groups is 1. The van der Waals surface area contributed by atoms with Crippen molar-refractivity contribution in [1.29, 1.82) is 0 Å². The van der Waals surface area contributed by atoms with Crippen LogP contribution in [0, 0.1) is 0 Å². The molecule has 0 radical (unpaired) electrons. The van der Waals surface area contributed by atoms with E-state index in [0.29, 0.717) is 17.6 Å². The lowest BCUT2D eigenvalue weighted by Crippen LogP contribution is -2.27. The highest BCUT2D eigenvalue weighted by Crippen LogP contribution is 2.40. The number of benzene rings is 2. The molecule has 6 nitrogen and oxygen atoms in total. The van der Waals surface area contributed by atoms with Gasteiger partial charge >= 0.3 is 6.61 Å². The summed E-state index contributed by atoms with van der Waals surface area (Å²) < 4.78 is 30.7. The summed E-state index contributed by atoms with van der Waals surface area (Å²) in [5.74, 6) is 1.61. The van der Waals surface area contributed by atoms with Crippen LogP contribution in [-0.2, 0) is 11.3 Å². The Kier molecular flexibility index (Phi) is 6.50. The van der Waals surface area contributed by atoms with E-state index in [0.717, 1.165) is 29.9 Å². The number of hydrogen-bond donors (Lipinski definition) is 0. The van der Waals surface area contributed by atoms with Gasteiger partial charge in [0.1, 0.15) is 11.6 Å². The molecule has 3 aromatic rings. The van der Waals surface area contributed by atoms with Crippen LogP contribution in [0.2, 0.25) is 0 Å². The van der Waals surface area contributed by atoms with Crippen molar-refractivity contribution in [1.82, 2.24) is 19.7 Å². The van der Waals surface area contributed by atoms with Crippen LogP contribution >= 0.6 is 11.8 Å². The summed E-state index contributed by atoms with van der Waals surface area (Å²) in [6, 6.07) is 16.1. The summed E-state index contributed by atoms with van der Waals surface area (Å²) in [5, 5.41) is 5.20. The topological polar surface area (TPSA) is 60.2 Å². The summed E-state index contributed by atoms with van der Waals surface area (Å²) in [4.78, 5) is 18.8. The Hall–Kier alpha value is -2.94. The molecule has 1 aliphatic rings. The second-order valence-corrected chi connectivity index (χ2v) is 8.28. The first-order valence-corrected chi connectivity index (χ1v) is 10.9. The second-order valence-electron chi connectivity index (χ2n) is 7.34. The molecule has 2 aromatic carbocycles. The van der Waals surface area contributed by atoms with Gasteiger partial charge in [0.2, 0.25) is 11.1 Å². The molecule has 1 amide bonds. The van der Waals surface area contributed by atoms with Crippen LogP contribution in [-0.4, -0.2) is 45.0 Å². The summed E-state index contributed by atoms with van der Waals surface area (Å²) in [7, 11) is 1.71. The molecule has 0 atom stereocenters. The molecule has 0 bridgehead atoms. The van der Waals surface area contributed by atoms with Gasteiger partial charge in [-0.1, -0.05) is 42.1 Å². The van der Waals surface area contributed by atoms with E-state index in [4.69, 9.17) is 0 Å². The minimum atomic E-state index is -2.86. The molecular weight excluding hydrogens is 422 g/mol. The van der Waals surface area contributed by atoms with E-state index < -0.39 is 6.61 Å². The average molecular weight is 445 g/mol. The Morgan fingerprint density at radius 2 is 1.90 bits per heavy atom. The molecule has 0 spiro atoms. The van der Waals surface area contributed by atoms with Crippen molar-refractivity contribution in [2.24, 2.45) is 0 Å². The highest BCUT2D eigenvalue weighted by molar-refractivity contribution is 7.99. The van der Waals surface area contributed by atoms with Gasteiger partial charge < -0.3 is 9.64 Å². The van der Waals surface area contributed by atoms with Gasteiger partial charge in [-0.3, -0.25) is 4.79 Å². The van der Waals surface area contributed by atoms with E-state index in [1.54, 1.807) is 24.1 Å². The number of nitrogens with zero attached hydrogens (tertiary/aromatic N) is 4. The van der Waals surface area contributed by atoms with E-state index in [-0.39, 0.29) is 17.4 Å². The van der Waals surface area contributed by atoms with E-state index in [1.807, 2.05) is 35.0 Å². The number of para-hydroxylation sites is 1. The molecular formula is C22H22F2N4O2S. The minimum Gasteiger partial charge on any atom is -0.435 e. The zero-order chi connectivity index (χ0) is 21.8. The maximum Gasteiger partial charge on any atom is 0.387 e. The van der Waals surface area contributed by atoms with Gasteiger partial charge in [-0.2, -0.15) is 8.78 Å². The summed E-state index contributed by atoms with van der Waals surface area (Å²) in [6.45, 7) is -2.49. The SMILES string of the molecule is CN(Cc1ccc(OC(F)F)cc1)C(=O)CSc1nc(C2CC2)n(-c2ccccc2)n1. The van der Waals surface area contributed by atoms with Gasteiger partial charge in [0.25, 0.3) is 0 Å². The standard InChI is InChI=1S/C22H22F2N4O2S/c1-27(13-15-7-11-18(12-8-15)30-21(23)24)19(29)14-31-22-25-20(16-9-10-16)28(26-22)17-5-3-2-4-6-17/h2-8,11-12,16,21H,9-10,13-14H2,1H3. The lowest BCUT2D eigenvalue weighted by atomic mass is 10.2. The van der Waals surface area contributed by atoms with Crippen LogP contribution in [0.3, 0.4) is 0 Å². The third-order valence-electron chi connectivity index (χ3n) is 4.87. The Bertz CT molecular complexity index is 1020. The molecule has 0 unspecified atom stereocenters. The first-order chi connectivity index (χ1) is 15.0. The van der Waals surface area contributed by atoms with E-state index in [2.05, 4.69) is 14.8 Å². The van der Waals surface area contributed by atoms with Gasteiger partial charge in [0.05, 0.1) is 11.4 Å². The quantitative estimate of drug-likeness (QED) is 0.455. The number of ether oxygens (including phenoxy) is 1. The monoisotopic (exact) mass is 444 g/mol. The van der Waals surface area contributed by atoms with Crippen LogP contribution in [0.15, 0.2) is 59.8 Å². The average Bonchev–Trinajstić information content (AvgIpc) is 3.52. The van der Waals surface area contributed by atoms with Crippen LogP contribution < -0.4 is 4.74 Å². The van der Waals surface area contributed by atoms with E-state index in [1.165, 1.54) is 23.9 Å². The molecule has 0 saturated heterocycles. The van der Waals surface area contributed by atoms with Crippen molar-refractivity contribution in [2.45, 2.75) is 37.1 Å². The number of rotatable bonds is 9. The summed E-state index contributed by atoms with van der Waals surface area (Å²) >= 11 is 1.31. The second kappa shape index (κ2) is 9.47. The largest absolute Gasteiger partial charge is 0.435 e. The van der Waals surface area contributed by atoms with Crippen molar-refractivity contribution in [3.8, 4) is 11.4 Å². The number of aromatic nitrogens is 3. The number of halogens is 2. The highest BCUT2D eigenvalue weighted by Gasteiger charge is 2.30. The number of carbonyl (C=O) groups excluding carboxylic acids is 1. The molecule has 1 aromatic heterocycles. The van der Waals surface area contributed by atoms with Crippen LogP contribution in [0.25, 0.3) is 5.69 Å². The molecule has 1 saturated carbocycles. The third-order valence-corrected chi connectivity index (χ3v) is 5.70. The van der Waals surface area contributed by atoms with E-state index in [9.17, 15) is 13.6 Å². The van der Waals surface area contributed by atoms with Crippen molar-refractivity contribution >= 4 is 17.7 Å². The molecule has 9 heteroatoms. The normalized spacial score (nSPS) is 13.4. The molecule has 1 aliphatic carbocycles. The van der Waals surface area contributed by atoms with E-state index >= 15 is 0 Å². The summed E-state index contributed by atoms with van der Waals surface area (Å²) in [5.41, 5.74) is 1.79. The van der Waals surface area contributed by atoms with Gasteiger partial charge in [0, 0.05) is 19.5 Å². The minimum absolute atomic E-state index is 0.0676. The Balaban J connectivity index is 1.35. The molecule has 31 heavy (non-hydrogen) atoms. The fourth-order valence-electron chi connectivity index (χ4n) is 3.11. The lowest BCUT2D eigenvalue weighted by Gasteiger charge is -2.17. The molecule has 162 valence electrons. The first-order valence-electron chi connectivity index (χ1n) is 9.92. The highest BCUT2D eigenvalue weighted by atomic mass is 32.2. The van der Waals surface area contributed by atoms with Crippen LogP contribution in [0.4, 0.5) is 8.78 Å². The van der Waals surface area contributed by atoms with Gasteiger partial charge in [0.15, 0.2) is 0 Å². The van der Waals surface area contributed by atoms with Gasteiger partial charge in [-0.05, 0) is 42.7 Å². The third kappa shape index (κ3) is 5.61. The van der Waals surface area contributed by atoms with Crippen molar-refractivity contribution < 1.29 is 18.3 Å². The molecule has 0 aliphatic heterocycles. The zero-order valence-corrected chi connectivity index (χ0v) is 17.8. The maximum absolute atomic E-state index is 12.6. The van der Waals surface area contributed by atoms with Crippen molar-refractivity contribution in [2.75, 3.05) is 12.8 Å². The zero-order valence-electron chi connectivity index (χ0n) is 16.9. The lowest BCUT2D eigenvalue weighted by molar-refractivity contribution is -0.127. The Morgan fingerprint density at radius 1 is 1.19 bits per heavy atom. The van der Waals surface area contributed by atoms with Crippen LogP contribution in [0.1, 0.15) is 30.1 Å². The fourth-order valence-corrected chi connectivity index (χ4v) is 3.88. The van der Waals surface area contributed by atoms with Crippen LogP contribution in [0.5, 0.6) is 5.75 Å². The molecule has 4 rings (SSSR count). The summed E-state index contributed by atoms with van der Waals surface area (Å²) in [6.07, 6.45) is 2.22. The number of hydrogen-bond acceptors (Lipinski definition) is 5. The smallest absolute Gasteiger partial charge is 0.387 e. The Labute approximate surface area is 183 Å².